The molecule has 0 spiro atoms. The molecule has 0 bridgehead atoms. The normalized spacial score (nSPS) is 12.6. The molecule has 1 unspecified atom stereocenters. The summed E-state index contributed by atoms with van der Waals surface area (Å²) in [6, 6.07) is 0. The monoisotopic (exact) mass is 172 g/mol. The minimum absolute atomic E-state index is 0.0128. The summed E-state index contributed by atoms with van der Waals surface area (Å²) < 4.78 is 5.06. The molecule has 0 aromatic rings. The van der Waals surface area contributed by atoms with Gasteiger partial charge in [-0.3, -0.25) is 4.79 Å². The van der Waals surface area contributed by atoms with E-state index in [0.717, 1.165) is 25.7 Å². The van der Waals surface area contributed by atoms with Crippen LogP contribution < -0.4 is 0 Å². The third-order valence-electron chi connectivity index (χ3n) is 1.91. The molecule has 1 atom stereocenters. The van der Waals surface area contributed by atoms with Crippen molar-refractivity contribution >= 4 is 5.97 Å². The minimum atomic E-state index is -0.0128. The van der Waals surface area contributed by atoms with Gasteiger partial charge in [0.15, 0.2) is 0 Å². The van der Waals surface area contributed by atoms with E-state index in [1.807, 2.05) is 13.8 Å². The molecule has 0 aliphatic heterocycles. The molecule has 0 saturated heterocycles. The van der Waals surface area contributed by atoms with Crippen molar-refractivity contribution in [2.75, 3.05) is 6.61 Å². The van der Waals surface area contributed by atoms with Crippen molar-refractivity contribution in [2.45, 2.75) is 46.5 Å². The van der Waals surface area contributed by atoms with Crippen LogP contribution >= 0.6 is 0 Å². The second-order valence-corrected chi connectivity index (χ2v) is 3.06. The third-order valence-corrected chi connectivity index (χ3v) is 1.91. The Hall–Kier alpha value is -0.530. The van der Waals surface area contributed by atoms with E-state index in [0.29, 0.717) is 6.61 Å². The molecule has 2 heteroatoms. The first-order chi connectivity index (χ1) is 5.76. The largest absolute Gasteiger partial charge is 0.465 e. The Labute approximate surface area is 75.3 Å². The van der Waals surface area contributed by atoms with Crippen LogP contribution in [0, 0.1) is 5.92 Å². The number of rotatable bonds is 6. The Bertz CT molecular complexity index is 121. The molecule has 0 fully saturated rings. The lowest BCUT2D eigenvalue weighted by molar-refractivity contribution is -0.148. The summed E-state index contributed by atoms with van der Waals surface area (Å²) in [6.45, 7) is 6.70. The highest BCUT2D eigenvalue weighted by atomic mass is 16.5. The van der Waals surface area contributed by atoms with Gasteiger partial charge in [-0.15, -0.1) is 0 Å². The third kappa shape index (κ3) is 4.37. The zero-order valence-corrected chi connectivity index (χ0v) is 8.43. The molecule has 0 rings (SSSR count). The molecule has 0 saturated carbocycles. The zero-order chi connectivity index (χ0) is 9.40. The summed E-state index contributed by atoms with van der Waals surface area (Å²) in [6.07, 6.45) is 3.82. The van der Waals surface area contributed by atoms with Crippen molar-refractivity contribution < 1.29 is 9.53 Å². The number of carbonyl (C=O) groups is 1. The van der Waals surface area contributed by atoms with Gasteiger partial charge in [0.05, 0.1) is 12.5 Å². The minimum Gasteiger partial charge on any atom is -0.465 e. The molecule has 0 heterocycles. The van der Waals surface area contributed by atoms with Gasteiger partial charge in [0.25, 0.3) is 0 Å². The Morgan fingerprint density at radius 2 is 1.92 bits per heavy atom. The molecule has 0 N–H and O–H groups in total. The van der Waals surface area contributed by atoms with Crippen molar-refractivity contribution in [3.8, 4) is 0 Å². The lowest BCUT2D eigenvalue weighted by Gasteiger charge is -2.12. The molecule has 0 amide bonds. The smallest absolute Gasteiger partial charge is 0.308 e. The van der Waals surface area contributed by atoms with Crippen LogP contribution in [-0.2, 0) is 9.53 Å². The van der Waals surface area contributed by atoms with Gasteiger partial charge in [-0.25, -0.2) is 0 Å². The van der Waals surface area contributed by atoms with E-state index < -0.39 is 0 Å². The number of carbonyl (C=O) groups excluding carboxylic acids is 1. The average Bonchev–Trinajstić information content (AvgIpc) is 2.10. The quantitative estimate of drug-likeness (QED) is 0.576. The molecular weight excluding hydrogens is 152 g/mol. The number of hydrogen-bond donors (Lipinski definition) is 0. The van der Waals surface area contributed by atoms with Gasteiger partial charge in [0, 0.05) is 0 Å². The maximum Gasteiger partial charge on any atom is 0.308 e. The second kappa shape index (κ2) is 7.14. The van der Waals surface area contributed by atoms with Gasteiger partial charge in [-0.2, -0.15) is 0 Å². The Morgan fingerprint density at radius 3 is 2.33 bits per heavy atom. The van der Waals surface area contributed by atoms with Crippen LogP contribution in [-0.4, -0.2) is 12.6 Å². The summed E-state index contributed by atoms with van der Waals surface area (Å²) in [4.78, 5) is 11.3. The number of ether oxygens (including phenoxy) is 1. The van der Waals surface area contributed by atoms with E-state index in [2.05, 4.69) is 6.92 Å². The average molecular weight is 172 g/mol. The van der Waals surface area contributed by atoms with E-state index >= 15 is 0 Å². The summed E-state index contributed by atoms with van der Waals surface area (Å²) in [5.74, 6) is 0.114. The molecule has 0 radical (unpaired) electrons. The fraction of sp³-hybridized carbons (Fsp3) is 0.900. The van der Waals surface area contributed by atoms with Crippen LogP contribution in [0.15, 0.2) is 0 Å². The zero-order valence-electron chi connectivity index (χ0n) is 8.43. The number of esters is 1. The maximum atomic E-state index is 11.3. The molecule has 0 aliphatic rings. The van der Waals surface area contributed by atoms with Crippen LogP contribution in [0.4, 0.5) is 0 Å². The van der Waals surface area contributed by atoms with E-state index in [1.165, 1.54) is 0 Å². The molecule has 12 heavy (non-hydrogen) atoms. The predicted molar refractivity (Wildman–Crippen MR) is 49.9 cm³/mol. The van der Waals surface area contributed by atoms with Gasteiger partial charge in [0.2, 0.25) is 0 Å². The molecule has 0 aromatic heterocycles. The van der Waals surface area contributed by atoms with Crippen LogP contribution in [0.2, 0.25) is 0 Å². The van der Waals surface area contributed by atoms with E-state index in [1.54, 1.807) is 0 Å². The standard InChI is InChI=1S/C10H20O2/c1-4-7-9(6-3)10(11)12-8-5-2/h9H,4-8H2,1-3H3. The van der Waals surface area contributed by atoms with Crippen molar-refractivity contribution in [3.63, 3.8) is 0 Å². The lowest BCUT2D eigenvalue weighted by Crippen LogP contribution is -2.17. The Balaban J connectivity index is 3.69. The van der Waals surface area contributed by atoms with Crippen LogP contribution in [0.5, 0.6) is 0 Å². The first kappa shape index (κ1) is 11.5. The molecular formula is C10H20O2. The van der Waals surface area contributed by atoms with Crippen molar-refractivity contribution in [1.82, 2.24) is 0 Å². The Morgan fingerprint density at radius 1 is 1.25 bits per heavy atom. The van der Waals surface area contributed by atoms with E-state index in [4.69, 9.17) is 4.74 Å². The highest BCUT2D eigenvalue weighted by molar-refractivity contribution is 5.72. The maximum absolute atomic E-state index is 11.3. The van der Waals surface area contributed by atoms with Crippen molar-refractivity contribution in [3.05, 3.63) is 0 Å². The van der Waals surface area contributed by atoms with Crippen LogP contribution in [0.1, 0.15) is 46.5 Å². The van der Waals surface area contributed by atoms with Gasteiger partial charge < -0.3 is 4.74 Å². The summed E-state index contributed by atoms with van der Waals surface area (Å²) in [7, 11) is 0. The first-order valence-corrected chi connectivity index (χ1v) is 4.92. The predicted octanol–water partition coefficient (Wildman–Crippen LogP) is 2.77. The fourth-order valence-corrected chi connectivity index (χ4v) is 1.16. The SMILES string of the molecule is CCCOC(=O)C(CC)CCC. The lowest BCUT2D eigenvalue weighted by atomic mass is 10.0. The fourth-order valence-electron chi connectivity index (χ4n) is 1.16. The second-order valence-electron chi connectivity index (χ2n) is 3.06. The van der Waals surface area contributed by atoms with Crippen LogP contribution in [0.3, 0.4) is 0 Å². The summed E-state index contributed by atoms with van der Waals surface area (Å²) in [5.41, 5.74) is 0. The van der Waals surface area contributed by atoms with Gasteiger partial charge in [-0.05, 0) is 19.3 Å². The summed E-state index contributed by atoms with van der Waals surface area (Å²) in [5, 5.41) is 0. The van der Waals surface area contributed by atoms with Gasteiger partial charge >= 0.3 is 5.97 Å². The van der Waals surface area contributed by atoms with E-state index in [-0.39, 0.29) is 11.9 Å². The van der Waals surface area contributed by atoms with Gasteiger partial charge in [-0.1, -0.05) is 27.2 Å². The molecule has 0 aliphatic carbocycles. The van der Waals surface area contributed by atoms with Gasteiger partial charge in [0.1, 0.15) is 0 Å². The molecule has 0 aromatic carbocycles. The topological polar surface area (TPSA) is 26.3 Å². The highest BCUT2D eigenvalue weighted by Crippen LogP contribution is 2.12. The van der Waals surface area contributed by atoms with E-state index in [9.17, 15) is 4.79 Å². The molecule has 72 valence electrons. The molecule has 2 nitrogen and oxygen atoms in total. The van der Waals surface area contributed by atoms with Crippen LogP contribution in [0.25, 0.3) is 0 Å². The highest BCUT2D eigenvalue weighted by Gasteiger charge is 2.15. The summed E-state index contributed by atoms with van der Waals surface area (Å²) >= 11 is 0. The number of hydrogen-bond acceptors (Lipinski definition) is 2. The first-order valence-electron chi connectivity index (χ1n) is 4.92. The van der Waals surface area contributed by atoms with Crippen molar-refractivity contribution in [1.29, 1.82) is 0 Å². The Kier molecular flexibility index (Phi) is 6.82. The van der Waals surface area contributed by atoms with Crippen molar-refractivity contribution in [2.24, 2.45) is 5.92 Å².